The molecule has 120 valence electrons. The van der Waals surface area contributed by atoms with Crippen molar-refractivity contribution < 1.29 is 4.74 Å². The molecular formula is C19H16BrN3O. The van der Waals surface area contributed by atoms with Crippen LogP contribution in [-0.4, -0.2) is 11.2 Å². The monoisotopic (exact) mass is 381 g/mol. The number of hydrazone groups is 1. The van der Waals surface area contributed by atoms with Gasteiger partial charge in [-0.3, -0.25) is 5.43 Å². The maximum atomic E-state index is 5.81. The van der Waals surface area contributed by atoms with Gasteiger partial charge in [0.2, 0.25) is 0 Å². The summed E-state index contributed by atoms with van der Waals surface area (Å²) >= 11 is 3.35. The van der Waals surface area contributed by atoms with E-state index in [4.69, 9.17) is 4.74 Å². The van der Waals surface area contributed by atoms with Crippen LogP contribution in [0.5, 0.6) is 5.75 Å². The number of benzene rings is 2. The standard InChI is InChI=1S/C19H16BrN3O/c20-17-9-10-19(21-13-17)23-22-12-16-7-4-8-18(11-16)24-14-15-5-2-1-3-6-15/h1-13H,14H2,(H,21,23)/b22-12+. The highest BCUT2D eigenvalue weighted by molar-refractivity contribution is 9.10. The van der Waals surface area contributed by atoms with Crippen LogP contribution >= 0.6 is 15.9 Å². The molecule has 0 amide bonds. The Balaban J connectivity index is 1.58. The first-order valence-corrected chi connectivity index (χ1v) is 8.26. The van der Waals surface area contributed by atoms with Crippen molar-refractivity contribution in [1.82, 2.24) is 4.98 Å². The quantitative estimate of drug-likeness (QED) is 0.489. The van der Waals surface area contributed by atoms with Crippen LogP contribution in [0, 0.1) is 0 Å². The number of ether oxygens (including phenoxy) is 1. The highest BCUT2D eigenvalue weighted by Gasteiger charge is 1.97. The van der Waals surface area contributed by atoms with Gasteiger partial charge in [-0.25, -0.2) is 4.98 Å². The van der Waals surface area contributed by atoms with Crippen LogP contribution in [0.4, 0.5) is 5.82 Å². The van der Waals surface area contributed by atoms with Gasteiger partial charge < -0.3 is 4.74 Å². The number of pyridine rings is 1. The average Bonchev–Trinajstić information content (AvgIpc) is 2.63. The first-order valence-electron chi connectivity index (χ1n) is 7.47. The molecule has 2 aromatic carbocycles. The Morgan fingerprint density at radius 2 is 1.92 bits per heavy atom. The topological polar surface area (TPSA) is 46.5 Å². The zero-order valence-corrected chi connectivity index (χ0v) is 14.5. The molecule has 24 heavy (non-hydrogen) atoms. The lowest BCUT2D eigenvalue weighted by Gasteiger charge is -2.06. The number of anilines is 1. The summed E-state index contributed by atoms with van der Waals surface area (Å²) in [4.78, 5) is 4.19. The smallest absolute Gasteiger partial charge is 0.146 e. The lowest BCUT2D eigenvalue weighted by Crippen LogP contribution is -1.96. The molecule has 1 heterocycles. The predicted molar refractivity (Wildman–Crippen MR) is 100 cm³/mol. The number of rotatable bonds is 6. The summed E-state index contributed by atoms with van der Waals surface area (Å²) in [5, 5.41) is 4.19. The Hall–Kier alpha value is -2.66. The van der Waals surface area contributed by atoms with Gasteiger partial charge in [0.25, 0.3) is 0 Å². The molecule has 0 radical (unpaired) electrons. The Labute approximate surface area is 149 Å². The van der Waals surface area contributed by atoms with E-state index in [0.717, 1.165) is 21.3 Å². The van der Waals surface area contributed by atoms with Gasteiger partial charge in [0, 0.05) is 10.7 Å². The fourth-order valence-corrected chi connectivity index (χ4v) is 2.27. The molecule has 0 bridgehead atoms. The molecule has 0 spiro atoms. The van der Waals surface area contributed by atoms with Crippen LogP contribution in [0.25, 0.3) is 0 Å². The highest BCUT2D eigenvalue weighted by atomic mass is 79.9. The molecule has 0 aliphatic heterocycles. The van der Waals surface area contributed by atoms with E-state index in [9.17, 15) is 0 Å². The second-order valence-electron chi connectivity index (χ2n) is 5.08. The van der Waals surface area contributed by atoms with Crippen LogP contribution in [0.3, 0.4) is 0 Å². The van der Waals surface area contributed by atoms with E-state index in [0.29, 0.717) is 12.4 Å². The Bertz CT molecular complexity index is 804. The van der Waals surface area contributed by atoms with Crippen LogP contribution in [0.2, 0.25) is 0 Å². The van der Waals surface area contributed by atoms with Crippen molar-refractivity contribution in [3.8, 4) is 5.75 Å². The van der Waals surface area contributed by atoms with Crippen LogP contribution < -0.4 is 10.2 Å². The van der Waals surface area contributed by atoms with Gasteiger partial charge in [-0.2, -0.15) is 5.10 Å². The van der Waals surface area contributed by atoms with Crippen molar-refractivity contribution in [3.05, 3.63) is 88.5 Å². The third-order valence-electron chi connectivity index (χ3n) is 3.23. The SMILES string of the molecule is Brc1ccc(N/N=C/c2cccc(OCc3ccccc3)c2)nc1. The summed E-state index contributed by atoms with van der Waals surface area (Å²) in [5.41, 5.74) is 4.98. The van der Waals surface area contributed by atoms with Crippen LogP contribution in [-0.2, 0) is 6.61 Å². The second kappa shape index (κ2) is 8.26. The van der Waals surface area contributed by atoms with Gasteiger partial charge in [-0.05, 0) is 51.3 Å². The lowest BCUT2D eigenvalue weighted by atomic mass is 10.2. The number of hydrogen-bond donors (Lipinski definition) is 1. The molecule has 0 aliphatic carbocycles. The minimum absolute atomic E-state index is 0.544. The summed E-state index contributed by atoms with van der Waals surface area (Å²) in [6.45, 7) is 0.544. The Morgan fingerprint density at radius 3 is 2.71 bits per heavy atom. The van der Waals surface area contributed by atoms with E-state index in [2.05, 4.69) is 31.4 Å². The summed E-state index contributed by atoms with van der Waals surface area (Å²) in [6.07, 6.45) is 3.45. The average molecular weight is 382 g/mol. The van der Waals surface area contributed by atoms with Gasteiger partial charge in [-0.15, -0.1) is 0 Å². The van der Waals surface area contributed by atoms with Crippen molar-refractivity contribution in [2.75, 3.05) is 5.43 Å². The molecule has 1 aromatic heterocycles. The first kappa shape index (κ1) is 16.2. The summed E-state index contributed by atoms with van der Waals surface area (Å²) in [5.74, 6) is 1.50. The van der Waals surface area contributed by atoms with Crippen molar-refractivity contribution in [2.24, 2.45) is 5.10 Å². The van der Waals surface area contributed by atoms with Gasteiger partial charge in [0.05, 0.1) is 6.21 Å². The number of halogens is 1. The molecule has 5 heteroatoms. The lowest BCUT2D eigenvalue weighted by molar-refractivity contribution is 0.306. The fourth-order valence-electron chi connectivity index (χ4n) is 2.04. The molecule has 1 N–H and O–H groups in total. The maximum Gasteiger partial charge on any atom is 0.146 e. The molecule has 0 saturated carbocycles. The molecule has 0 atom stereocenters. The number of nitrogens with one attached hydrogen (secondary N) is 1. The zero-order valence-electron chi connectivity index (χ0n) is 12.9. The number of hydrogen-bond acceptors (Lipinski definition) is 4. The van der Waals surface area contributed by atoms with Crippen molar-refractivity contribution in [1.29, 1.82) is 0 Å². The van der Waals surface area contributed by atoms with E-state index in [1.165, 1.54) is 0 Å². The van der Waals surface area contributed by atoms with Crippen molar-refractivity contribution in [2.45, 2.75) is 6.61 Å². The van der Waals surface area contributed by atoms with E-state index in [-0.39, 0.29) is 0 Å². The molecule has 0 saturated heterocycles. The summed E-state index contributed by atoms with van der Waals surface area (Å²) < 4.78 is 6.74. The summed E-state index contributed by atoms with van der Waals surface area (Å²) in [7, 11) is 0. The van der Waals surface area contributed by atoms with Crippen LogP contribution in [0.1, 0.15) is 11.1 Å². The molecule has 4 nitrogen and oxygen atoms in total. The predicted octanol–water partition coefficient (Wildman–Crippen LogP) is 4.87. The second-order valence-corrected chi connectivity index (χ2v) is 5.99. The molecule has 0 fully saturated rings. The van der Waals surface area contributed by atoms with E-state index in [1.807, 2.05) is 66.7 Å². The van der Waals surface area contributed by atoms with Crippen LogP contribution in [0.15, 0.2) is 82.5 Å². The third kappa shape index (κ3) is 4.93. The van der Waals surface area contributed by atoms with Gasteiger partial charge >= 0.3 is 0 Å². The molecule has 0 aliphatic rings. The number of aromatic nitrogens is 1. The molecule has 3 rings (SSSR count). The Kier molecular flexibility index (Phi) is 5.58. The molecule has 0 unspecified atom stereocenters. The largest absolute Gasteiger partial charge is 0.489 e. The normalized spacial score (nSPS) is 10.7. The van der Waals surface area contributed by atoms with Crippen molar-refractivity contribution >= 4 is 28.0 Å². The van der Waals surface area contributed by atoms with E-state index in [1.54, 1.807) is 12.4 Å². The van der Waals surface area contributed by atoms with E-state index < -0.39 is 0 Å². The molecular weight excluding hydrogens is 366 g/mol. The minimum atomic E-state index is 0.544. The van der Waals surface area contributed by atoms with Gasteiger partial charge in [-0.1, -0.05) is 42.5 Å². The van der Waals surface area contributed by atoms with E-state index >= 15 is 0 Å². The zero-order chi connectivity index (χ0) is 16.6. The van der Waals surface area contributed by atoms with Gasteiger partial charge in [0.1, 0.15) is 18.2 Å². The maximum absolute atomic E-state index is 5.81. The fraction of sp³-hybridized carbons (Fsp3) is 0.0526. The third-order valence-corrected chi connectivity index (χ3v) is 3.70. The minimum Gasteiger partial charge on any atom is -0.489 e. The summed E-state index contributed by atoms with van der Waals surface area (Å²) in [6, 6.07) is 21.6. The molecule has 3 aromatic rings. The number of nitrogens with zero attached hydrogens (tertiary/aromatic N) is 2. The Morgan fingerprint density at radius 1 is 1.04 bits per heavy atom. The van der Waals surface area contributed by atoms with Gasteiger partial charge in [0.15, 0.2) is 0 Å². The van der Waals surface area contributed by atoms with Crippen molar-refractivity contribution in [3.63, 3.8) is 0 Å². The highest BCUT2D eigenvalue weighted by Crippen LogP contribution is 2.14. The first-order chi connectivity index (χ1) is 11.8.